The topological polar surface area (TPSA) is 124 Å². The summed E-state index contributed by atoms with van der Waals surface area (Å²) in [5.74, 6) is -2.93. The summed E-state index contributed by atoms with van der Waals surface area (Å²) in [6, 6.07) is 0. The molecule has 0 saturated heterocycles. The first-order valence-electron chi connectivity index (χ1n) is 16.4. The first-order chi connectivity index (χ1) is 19.3. The molecule has 0 aromatic heterocycles. The zero-order chi connectivity index (χ0) is 29.7. The number of carboxylic acids is 3. The van der Waals surface area contributed by atoms with E-state index in [1.54, 1.807) is 0 Å². The molecule has 0 saturated carbocycles. The van der Waals surface area contributed by atoms with Crippen molar-refractivity contribution in [2.24, 2.45) is 0 Å². The summed E-state index contributed by atoms with van der Waals surface area (Å²) in [6.07, 6.45) is 22.9. The van der Waals surface area contributed by atoms with Crippen LogP contribution >= 0.6 is 0 Å². The van der Waals surface area contributed by atoms with Crippen molar-refractivity contribution >= 4 is 17.9 Å². The molecule has 0 unspecified atom stereocenters. The molecule has 8 nitrogen and oxygen atoms in total. The van der Waals surface area contributed by atoms with Gasteiger partial charge in [0.25, 0.3) is 0 Å². The van der Waals surface area contributed by atoms with Crippen LogP contribution in [0.15, 0.2) is 0 Å². The molecular formula is C32H60K3N2O6+. The van der Waals surface area contributed by atoms with Crippen LogP contribution in [-0.2, 0) is 14.4 Å². The first kappa shape index (κ1) is 53.0. The van der Waals surface area contributed by atoms with Crippen molar-refractivity contribution < 1.29 is 184 Å². The Morgan fingerprint density at radius 2 is 0.721 bits per heavy atom. The number of aliphatic carboxylic acids is 3. The summed E-state index contributed by atoms with van der Waals surface area (Å²) >= 11 is 0. The van der Waals surface area contributed by atoms with Gasteiger partial charge in [-0.25, -0.2) is 0 Å². The number of carboxylic acid groups (broad SMARTS) is 3. The van der Waals surface area contributed by atoms with Gasteiger partial charge in [0.2, 0.25) is 0 Å². The van der Waals surface area contributed by atoms with Crippen molar-refractivity contribution in [2.45, 2.75) is 148 Å². The van der Waals surface area contributed by atoms with E-state index in [1.807, 2.05) is 0 Å². The van der Waals surface area contributed by atoms with Gasteiger partial charge < -0.3 is 34.7 Å². The van der Waals surface area contributed by atoms with E-state index in [0.717, 1.165) is 19.5 Å². The van der Waals surface area contributed by atoms with Crippen LogP contribution in [0.25, 0.3) is 0 Å². The largest absolute Gasteiger partial charge is 1.00 e. The van der Waals surface area contributed by atoms with Gasteiger partial charge in [-0.15, -0.1) is 0 Å². The van der Waals surface area contributed by atoms with Crippen molar-refractivity contribution in [3.63, 3.8) is 0 Å². The van der Waals surface area contributed by atoms with E-state index in [0.29, 0.717) is 45.4 Å². The monoisotopic (exact) mass is 685 g/mol. The van der Waals surface area contributed by atoms with Crippen LogP contribution in [0.3, 0.4) is 0 Å². The average Bonchev–Trinajstić information content (AvgIpc) is 2.90. The van der Waals surface area contributed by atoms with Crippen molar-refractivity contribution in [1.82, 2.24) is 9.80 Å². The summed E-state index contributed by atoms with van der Waals surface area (Å²) in [7, 11) is 0. The molecule has 236 valence electrons. The minimum absolute atomic E-state index is 0. The van der Waals surface area contributed by atoms with Gasteiger partial charge in [-0.3, -0.25) is 4.79 Å². The maximum absolute atomic E-state index is 10.9. The third-order valence-electron chi connectivity index (χ3n) is 7.64. The minimum atomic E-state index is -1.07. The molecule has 1 N–H and O–H groups in total. The molecule has 0 heterocycles. The fourth-order valence-electron chi connectivity index (χ4n) is 5.19. The molecule has 0 spiro atoms. The van der Waals surface area contributed by atoms with Gasteiger partial charge in [0.1, 0.15) is 0 Å². The van der Waals surface area contributed by atoms with Crippen LogP contribution < -0.4 is 164 Å². The molecular weight excluding hydrogens is 626 g/mol. The molecule has 0 aliphatic heterocycles. The SMILES string of the molecule is CCCCCCCCCCCCCCCCCCN(CCCC(=O)[O-])CCN(CCCC(=O)[O-])CCCC(=O)O.[K+].[K+].[K+]. The van der Waals surface area contributed by atoms with Gasteiger partial charge in [0.05, 0.1) is 0 Å². The molecule has 0 bridgehead atoms. The predicted molar refractivity (Wildman–Crippen MR) is 158 cm³/mol. The second-order valence-electron chi connectivity index (χ2n) is 11.4. The molecule has 0 aliphatic carbocycles. The third-order valence-corrected chi connectivity index (χ3v) is 7.64. The van der Waals surface area contributed by atoms with Crippen LogP contribution in [0.1, 0.15) is 148 Å². The van der Waals surface area contributed by atoms with Crippen LogP contribution in [0.2, 0.25) is 0 Å². The molecule has 0 radical (unpaired) electrons. The number of nitrogens with zero attached hydrogens (tertiary/aromatic N) is 2. The van der Waals surface area contributed by atoms with E-state index in [9.17, 15) is 24.6 Å². The van der Waals surface area contributed by atoms with Gasteiger partial charge in [0.15, 0.2) is 0 Å². The van der Waals surface area contributed by atoms with Crippen LogP contribution in [0.4, 0.5) is 0 Å². The zero-order valence-electron chi connectivity index (χ0n) is 28.7. The van der Waals surface area contributed by atoms with Crippen molar-refractivity contribution in [2.75, 3.05) is 39.3 Å². The Morgan fingerprint density at radius 1 is 0.442 bits per heavy atom. The quantitative estimate of drug-likeness (QED) is 0.0559. The molecule has 43 heavy (non-hydrogen) atoms. The Morgan fingerprint density at radius 3 is 1.02 bits per heavy atom. The van der Waals surface area contributed by atoms with Gasteiger partial charge in [-0.2, -0.15) is 0 Å². The number of rotatable bonds is 32. The van der Waals surface area contributed by atoms with E-state index < -0.39 is 17.9 Å². The Labute approximate surface area is 391 Å². The van der Waals surface area contributed by atoms with E-state index in [1.165, 1.54) is 96.3 Å². The number of carbonyl (C=O) groups is 3. The number of hydrogen-bond acceptors (Lipinski definition) is 7. The van der Waals surface area contributed by atoms with Crippen LogP contribution in [0, 0.1) is 0 Å². The molecule has 0 atom stereocenters. The minimum Gasteiger partial charge on any atom is -0.550 e. The number of hydrogen-bond donors (Lipinski definition) is 1. The molecule has 0 rings (SSSR count). The van der Waals surface area contributed by atoms with Crippen LogP contribution in [0.5, 0.6) is 0 Å². The van der Waals surface area contributed by atoms with Gasteiger partial charge in [0, 0.05) is 31.4 Å². The Bertz CT molecular complexity index is 612. The summed E-state index contributed by atoms with van der Waals surface area (Å²) in [5.41, 5.74) is 0. The maximum atomic E-state index is 10.9. The third kappa shape index (κ3) is 43.2. The molecule has 11 heteroatoms. The van der Waals surface area contributed by atoms with Crippen molar-refractivity contribution in [3.8, 4) is 0 Å². The van der Waals surface area contributed by atoms with Gasteiger partial charge >= 0.3 is 160 Å². The van der Waals surface area contributed by atoms with E-state index in [4.69, 9.17) is 5.11 Å². The molecule has 0 fully saturated rings. The van der Waals surface area contributed by atoms with E-state index >= 15 is 0 Å². The Kier molecular flexibility index (Phi) is 51.1. The normalized spacial score (nSPS) is 10.7. The van der Waals surface area contributed by atoms with E-state index in [2.05, 4.69) is 16.7 Å². The number of carbonyl (C=O) groups excluding carboxylic acids is 2. The predicted octanol–water partition coefficient (Wildman–Crippen LogP) is -4.21. The van der Waals surface area contributed by atoms with Crippen molar-refractivity contribution in [3.05, 3.63) is 0 Å². The second-order valence-corrected chi connectivity index (χ2v) is 11.4. The van der Waals surface area contributed by atoms with E-state index in [-0.39, 0.29) is 173 Å². The summed E-state index contributed by atoms with van der Waals surface area (Å²) in [5, 5.41) is 30.6. The fourth-order valence-corrected chi connectivity index (χ4v) is 5.19. The molecule has 0 amide bonds. The van der Waals surface area contributed by atoms with Gasteiger partial charge in [-0.05, 0) is 64.7 Å². The summed E-state index contributed by atoms with van der Waals surface area (Å²) in [4.78, 5) is 36.9. The molecule has 0 aromatic rings. The number of unbranched alkanes of at least 4 members (excludes halogenated alkanes) is 15. The molecule has 0 aliphatic rings. The second kappa shape index (κ2) is 41.4. The van der Waals surface area contributed by atoms with Crippen LogP contribution in [-0.4, -0.2) is 72.1 Å². The fraction of sp³-hybridized carbons (Fsp3) is 0.906. The smallest absolute Gasteiger partial charge is 0.550 e. The maximum Gasteiger partial charge on any atom is 1.00 e. The van der Waals surface area contributed by atoms with Gasteiger partial charge in [-0.1, -0.05) is 103 Å². The Hall–Kier alpha value is 3.24. The first-order valence-corrected chi connectivity index (χ1v) is 16.4. The van der Waals surface area contributed by atoms with Crippen molar-refractivity contribution in [1.29, 1.82) is 0 Å². The Balaban J connectivity index is -0.00000253. The standard InChI is InChI=1S/C32H62N2O6.3K/c1-2-3-4-5-6-7-8-9-10-11-12-13-14-15-16-17-24-33(25-18-21-30(35)36)28-29-34(26-19-22-31(37)38)27-20-23-32(39)40;;;/h2-29H2,1H3,(H,35,36)(H,37,38)(H,39,40);;;/q;3*+1/p-2. The average molecular weight is 686 g/mol. The molecule has 0 aromatic carbocycles. The zero-order valence-corrected chi connectivity index (χ0v) is 38.1. The summed E-state index contributed by atoms with van der Waals surface area (Å²) in [6.45, 7) is 6.51. The summed E-state index contributed by atoms with van der Waals surface area (Å²) < 4.78 is 0.